The molecule has 0 fully saturated rings. The van der Waals surface area contributed by atoms with Gasteiger partial charge in [0.1, 0.15) is 11.6 Å². The van der Waals surface area contributed by atoms with Crippen molar-refractivity contribution in [2.45, 2.75) is 13.8 Å². The highest BCUT2D eigenvalue weighted by atomic mass is 127. The van der Waals surface area contributed by atoms with Crippen molar-refractivity contribution >= 4 is 57.5 Å². The number of carbonyl (C=O) groups is 1. The maximum atomic E-state index is 12.5. The van der Waals surface area contributed by atoms with Gasteiger partial charge in [0.2, 0.25) is 0 Å². The van der Waals surface area contributed by atoms with Gasteiger partial charge in [-0.25, -0.2) is 0 Å². The summed E-state index contributed by atoms with van der Waals surface area (Å²) in [5.74, 6) is 0.404. The Balaban J connectivity index is 2.34. The van der Waals surface area contributed by atoms with E-state index in [1.807, 2.05) is 19.9 Å². The molecule has 10 heteroatoms. The van der Waals surface area contributed by atoms with Crippen LogP contribution in [-0.4, -0.2) is 24.0 Å². The topological polar surface area (TPSA) is 114 Å². The van der Waals surface area contributed by atoms with Crippen LogP contribution in [0.4, 0.5) is 11.4 Å². The second kappa shape index (κ2) is 10.8. The number of hydrogen-bond acceptors (Lipinski definition) is 6. The van der Waals surface area contributed by atoms with Crippen LogP contribution < -0.4 is 14.8 Å². The van der Waals surface area contributed by atoms with Crippen molar-refractivity contribution in [3.8, 4) is 17.6 Å². The molecule has 0 aliphatic rings. The molecule has 8 nitrogen and oxygen atoms in total. The van der Waals surface area contributed by atoms with Gasteiger partial charge in [0.25, 0.3) is 11.6 Å². The molecular formula is C20H17ClIN3O5. The van der Waals surface area contributed by atoms with E-state index < -0.39 is 10.8 Å². The number of nitrogens with zero attached hydrogens (tertiary/aromatic N) is 2. The van der Waals surface area contributed by atoms with Crippen molar-refractivity contribution in [2.75, 3.05) is 18.5 Å². The van der Waals surface area contributed by atoms with E-state index in [4.69, 9.17) is 21.1 Å². The van der Waals surface area contributed by atoms with Crippen LogP contribution in [0.5, 0.6) is 11.5 Å². The summed E-state index contributed by atoms with van der Waals surface area (Å²) in [7, 11) is 0. The molecule has 0 atom stereocenters. The lowest BCUT2D eigenvalue weighted by Gasteiger charge is -2.13. The molecule has 156 valence electrons. The first-order valence-electron chi connectivity index (χ1n) is 8.76. The van der Waals surface area contributed by atoms with E-state index in [1.54, 1.807) is 12.1 Å². The predicted molar refractivity (Wildman–Crippen MR) is 122 cm³/mol. The first-order valence-corrected chi connectivity index (χ1v) is 10.2. The number of nitro groups is 1. The number of nitriles is 1. The van der Waals surface area contributed by atoms with Gasteiger partial charge in [-0.3, -0.25) is 14.9 Å². The third-order valence-electron chi connectivity index (χ3n) is 3.71. The fraction of sp³-hybridized carbons (Fsp3) is 0.200. The maximum absolute atomic E-state index is 12.5. The van der Waals surface area contributed by atoms with Gasteiger partial charge in [-0.1, -0.05) is 11.6 Å². The highest BCUT2D eigenvalue weighted by Gasteiger charge is 2.16. The van der Waals surface area contributed by atoms with Crippen molar-refractivity contribution in [3.05, 3.63) is 60.2 Å². The molecule has 0 saturated heterocycles. The molecule has 0 heterocycles. The number of nitrogens with one attached hydrogen (secondary N) is 1. The first-order chi connectivity index (χ1) is 14.3. The average Bonchev–Trinajstić information content (AvgIpc) is 2.70. The van der Waals surface area contributed by atoms with Gasteiger partial charge in [0, 0.05) is 12.1 Å². The fourth-order valence-electron chi connectivity index (χ4n) is 2.44. The molecular weight excluding hydrogens is 525 g/mol. The summed E-state index contributed by atoms with van der Waals surface area (Å²) in [6.07, 6.45) is 1.41. The summed E-state index contributed by atoms with van der Waals surface area (Å²) >= 11 is 8.09. The van der Waals surface area contributed by atoms with E-state index >= 15 is 0 Å². The van der Waals surface area contributed by atoms with Crippen LogP contribution in [0.3, 0.4) is 0 Å². The van der Waals surface area contributed by atoms with Gasteiger partial charge in [-0.2, -0.15) is 5.26 Å². The molecule has 2 rings (SSSR count). The van der Waals surface area contributed by atoms with Crippen LogP contribution in [0.25, 0.3) is 6.08 Å². The monoisotopic (exact) mass is 541 g/mol. The molecule has 0 bridgehead atoms. The van der Waals surface area contributed by atoms with Gasteiger partial charge in [0.05, 0.1) is 32.4 Å². The van der Waals surface area contributed by atoms with Crippen LogP contribution in [0, 0.1) is 25.0 Å². The van der Waals surface area contributed by atoms with E-state index in [9.17, 15) is 20.2 Å². The van der Waals surface area contributed by atoms with Crippen LogP contribution in [0.1, 0.15) is 19.4 Å². The third kappa shape index (κ3) is 5.84. The number of rotatable bonds is 8. The lowest BCUT2D eigenvalue weighted by atomic mass is 10.1. The van der Waals surface area contributed by atoms with Gasteiger partial charge >= 0.3 is 0 Å². The zero-order valence-corrected chi connectivity index (χ0v) is 19.0. The lowest BCUT2D eigenvalue weighted by molar-refractivity contribution is -0.384. The van der Waals surface area contributed by atoms with E-state index in [0.29, 0.717) is 30.3 Å². The molecule has 2 aromatic carbocycles. The summed E-state index contributed by atoms with van der Waals surface area (Å²) < 4.78 is 12.0. The molecule has 30 heavy (non-hydrogen) atoms. The van der Waals surface area contributed by atoms with Gasteiger partial charge in [-0.15, -0.1) is 0 Å². The molecule has 0 aromatic heterocycles. The number of anilines is 1. The second-order valence-corrected chi connectivity index (χ2v) is 7.31. The number of halogens is 2. The van der Waals surface area contributed by atoms with Crippen LogP contribution in [0.2, 0.25) is 5.02 Å². The lowest BCUT2D eigenvalue weighted by Crippen LogP contribution is -2.14. The molecule has 2 aromatic rings. The molecule has 1 N–H and O–H groups in total. The van der Waals surface area contributed by atoms with Crippen LogP contribution >= 0.6 is 34.2 Å². The Morgan fingerprint density at radius 1 is 1.30 bits per heavy atom. The number of ether oxygens (including phenoxy) is 2. The first kappa shape index (κ1) is 23.4. The fourth-order valence-corrected chi connectivity index (χ4v) is 3.45. The van der Waals surface area contributed by atoms with Crippen LogP contribution in [0.15, 0.2) is 35.9 Å². The number of benzene rings is 2. The number of hydrogen-bond donors (Lipinski definition) is 1. The van der Waals surface area contributed by atoms with E-state index in [1.165, 1.54) is 18.2 Å². The van der Waals surface area contributed by atoms with E-state index in [2.05, 4.69) is 27.9 Å². The smallest absolute Gasteiger partial charge is 0.271 e. The highest BCUT2D eigenvalue weighted by Crippen LogP contribution is 2.35. The zero-order chi connectivity index (χ0) is 22.3. The minimum atomic E-state index is -0.699. The SMILES string of the molecule is CCOc1cc(/C=C(\C#N)C(=O)Nc2ccc([N+](=O)[O-])cc2Cl)cc(I)c1OCC. The summed E-state index contributed by atoms with van der Waals surface area (Å²) in [5, 5.41) is 22.7. The molecule has 1 amide bonds. The predicted octanol–water partition coefficient (Wildman–Crippen LogP) is 5.20. The second-order valence-electron chi connectivity index (χ2n) is 5.74. The van der Waals surface area contributed by atoms with Gasteiger partial charge in [0.15, 0.2) is 11.5 Å². The van der Waals surface area contributed by atoms with Gasteiger partial charge in [-0.05, 0) is 66.3 Å². The molecule has 0 saturated carbocycles. The summed E-state index contributed by atoms with van der Waals surface area (Å²) in [5.41, 5.74) is 0.353. The largest absolute Gasteiger partial charge is 0.490 e. The van der Waals surface area contributed by atoms with E-state index in [0.717, 1.165) is 9.64 Å². The number of amides is 1. The highest BCUT2D eigenvalue weighted by molar-refractivity contribution is 14.1. The number of nitro benzene ring substituents is 1. The molecule has 0 spiro atoms. The summed E-state index contributed by atoms with van der Waals surface area (Å²) in [4.78, 5) is 22.7. The Morgan fingerprint density at radius 3 is 2.57 bits per heavy atom. The summed E-state index contributed by atoms with van der Waals surface area (Å²) in [6.45, 7) is 4.59. The molecule has 0 aliphatic carbocycles. The van der Waals surface area contributed by atoms with Crippen LogP contribution in [-0.2, 0) is 4.79 Å². The minimum absolute atomic E-state index is 0.0101. The Labute approximate surface area is 191 Å². The number of carbonyl (C=O) groups excluding carboxylic acids is 1. The minimum Gasteiger partial charge on any atom is -0.490 e. The quantitative estimate of drug-likeness (QED) is 0.162. The maximum Gasteiger partial charge on any atom is 0.271 e. The molecule has 0 unspecified atom stereocenters. The number of non-ortho nitro benzene ring substituents is 1. The Morgan fingerprint density at radius 2 is 2.00 bits per heavy atom. The standard InChI is InChI=1S/C20H17ClIN3O5/c1-3-29-18-9-12(8-16(22)19(18)30-4-2)7-13(11-23)20(26)24-17-6-5-14(25(27)28)10-15(17)21/h5-10H,3-4H2,1-2H3,(H,24,26)/b13-7+. The zero-order valence-electron chi connectivity index (χ0n) is 16.1. The third-order valence-corrected chi connectivity index (χ3v) is 4.82. The van der Waals surface area contributed by atoms with E-state index in [-0.39, 0.29) is 22.0 Å². The van der Waals surface area contributed by atoms with Crippen molar-refractivity contribution in [2.24, 2.45) is 0 Å². The van der Waals surface area contributed by atoms with Crippen molar-refractivity contribution in [3.63, 3.8) is 0 Å². The van der Waals surface area contributed by atoms with Gasteiger partial charge < -0.3 is 14.8 Å². The summed E-state index contributed by atoms with van der Waals surface area (Å²) in [6, 6.07) is 8.93. The normalized spacial score (nSPS) is 10.8. The Bertz CT molecular complexity index is 1050. The van der Waals surface area contributed by atoms with Crippen molar-refractivity contribution in [1.29, 1.82) is 5.26 Å². The Kier molecular flexibility index (Phi) is 8.44. The average molecular weight is 542 g/mol. The van der Waals surface area contributed by atoms with Crippen molar-refractivity contribution in [1.82, 2.24) is 0 Å². The molecule has 0 aliphatic heterocycles. The molecule has 0 radical (unpaired) electrons. The Hall–Kier alpha value is -2.84. The van der Waals surface area contributed by atoms with Crippen molar-refractivity contribution < 1.29 is 19.2 Å².